The van der Waals surface area contributed by atoms with Crippen LogP contribution in [-0.4, -0.2) is 22.5 Å². The second-order valence-electron chi connectivity index (χ2n) is 3.38. The molecule has 4 heteroatoms. The molecule has 3 nitrogen and oxygen atoms in total. The first-order valence-corrected chi connectivity index (χ1v) is 5.39. The highest BCUT2D eigenvalue weighted by molar-refractivity contribution is 7.99. The van der Waals surface area contributed by atoms with Crippen molar-refractivity contribution in [1.29, 1.82) is 0 Å². The van der Waals surface area contributed by atoms with Crippen molar-refractivity contribution in [2.24, 2.45) is 10.3 Å². The van der Waals surface area contributed by atoms with E-state index in [-0.39, 0.29) is 6.42 Å². The number of allylic oxidation sites excluding steroid dienone is 3. The van der Waals surface area contributed by atoms with Crippen molar-refractivity contribution in [3.05, 3.63) is 23.8 Å². The van der Waals surface area contributed by atoms with E-state index in [1.807, 2.05) is 18.4 Å². The maximum Gasteiger partial charge on any atom is 0.303 e. The predicted octanol–water partition coefficient (Wildman–Crippen LogP) is 2.06. The van der Waals surface area contributed by atoms with Crippen LogP contribution in [0, 0.1) is 5.92 Å². The van der Waals surface area contributed by atoms with Gasteiger partial charge in [0.15, 0.2) is 0 Å². The van der Waals surface area contributed by atoms with Gasteiger partial charge < -0.3 is 5.11 Å². The van der Waals surface area contributed by atoms with Gasteiger partial charge in [-0.25, -0.2) is 4.40 Å². The van der Waals surface area contributed by atoms with Crippen molar-refractivity contribution in [3.63, 3.8) is 0 Å². The molecule has 1 aliphatic heterocycles. The van der Waals surface area contributed by atoms with Crippen molar-refractivity contribution in [3.8, 4) is 0 Å². The molecule has 1 N–H and O–H groups in total. The van der Waals surface area contributed by atoms with Gasteiger partial charge in [-0.1, -0.05) is 23.8 Å². The molecule has 0 saturated heterocycles. The molecule has 14 heavy (non-hydrogen) atoms. The molecule has 2 rings (SSSR count). The normalized spacial score (nSPS) is 28.7. The van der Waals surface area contributed by atoms with Crippen LogP contribution in [0.15, 0.2) is 28.2 Å². The van der Waals surface area contributed by atoms with E-state index in [9.17, 15) is 4.79 Å². The van der Waals surface area contributed by atoms with Crippen molar-refractivity contribution >= 4 is 24.1 Å². The fraction of sp³-hybridized carbons (Fsp3) is 0.400. The van der Waals surface area contributed by atoms with Gasteiger partial charge in [0.1, 0.15) is 0 Å². The third-order valence-corrected chi connectivity index (χ3v) is 3.48. The molecule has 2 aliphatic rings. The lowest BCUT2D eigenvalue weighted by Gasteiger charge is -2.19. The summed E-state index contributed by atoms with van der Waals surface area (Å²) in [6.07, 6.45) is 8.90. The lowest BCUT2D eigenvalue weighted by atomic mass is 9.92. The number of fused-ring (bicyclic) bond motifs is 1. The molecule has 0 radical (unpaired) electrons. The Balaban J connectivity index is 2.01. The maximum atomic E-state index is 10.5. The van der Waals surface area contributed by atoms with Crippen LogP contribution >= 0.6 is 11.9 Å². The Labute approximate surface area is 86.7 Å². The number of carbonyl (C=O) groups is 1. The minimum atomic E-state index is -0.735. The molecule has 0 aromatic carbocycles. The van der Waals surface area contributed by atoms with E-state index in [0.29, 0.717) is 17.6 Å². The number of hydrogen-bond acceptors (Lipinski definition) is 3. The monoisotopic (exact) mass is 209 g/mol. The summed E-state index contributed by atoms with van der Waals surface area (Å²) < 4.78 is 4.16. The van der Waals surface area contributed by atoms with Gasteiger partial charge in [-0.05, 0) is 18.4 Å². The van der Waals surface area contributed by atoms with E-state index in [0.717, 1.165) is 0 Å². The Morgan fingerprint density at radius 2 is 2.50 bits per heavy atom. The highest BCUT2D eigenvalue weighted by atomic mass is 32.2. The average Bonchev–Trinajstić information content (AvgIpc) is 2.62. The van der Waals surface area contributed by atoms with Gasteiger partial charge >= 0.3 is 5.97 Å². The minimum Gasteiger partial charge on any atom is -0.481 e. The van der Waals surface area contributed by atoms with E-state index in [2.05, 4.69) is 10.5 Å². The Bertz CT molecular complexity index is 333. The van der Waals surface area contributed by atoms with Gasteiger partial charge in [-0.3, -0.25) is 4.79 Å². The molecule has 0 aromatic rings. The summed E-state index contributed by atoms with van der Waals surface area (Å²) in [6.45, 7) is 0. The highest BCUT2D eigenvalue weighted by Crippen LogP contribution is 2.37. The Morgan fingerprint density at radius 3 is 3.29 bits per heavy atom. The van der Waals surface area contributed by atoms with E-state index < -0.39 is 5.97 Å². The van der Waals surface area contributed by atoms with Crippen LogP contribution < -0.4 is 0 Å². The third-order valence-electron chi connectivity index (χ3n) is 2.39. The molecular formula is C10H11NO2S. The lowest BCUT2D eigenvalue weighted by molar-refractivity contribution is -0.136. The van der Waals surface area contributed by atoms with Gasteiger partial charge in [0.25, 0.3) is 0 Å². The van der Waals surface area contributed by atoms with Crippen molar-refractivity contribution in [2.75, 3.05) is 0 Å². The van der Waals surface area contributed by atoms with Gasteiger partial charge in [0.05, 0.1) is 5.25 Å². The largest absolute Gasteiger partial charge is 0.481 e. The fourth-order valence-corrected chi connectivity index (χ4v) is 2.64. The second-order valence-corrected chi connectivity index (χ2v) is 4.31. The molecule has 2 unspecified atom stereocenters. The number of hydrogen-bond donors (Lipinski definition) is 1. The Hall–Kier alpha value is -1.03. The summed E-state index contributed by atoms with van der Waals surface area (Å²) in [5, 5.41) is 8.95. The summed E-state index contributed by atoms with van der Waals surface area (Å²) >= 11 is 1.54. The minimum absolute atomic E-state index is 0.212. The number of nitrogens with zero attached hydrogens (tertiary/aromatic N) is 1. The molecule has 0 spiro atoms. The number of aliphatic carboxylic acids is 1. The summed E-state index contributed by atoms with van der Waals surface area (Å²) in [7, 11) is 0. The second kappa shape index (κ2) is 4.00. The summed E-state index contributed by atoms with van der Waals surface area (Å²) in [6, 6.07) is 0. The average molecular weight is 209 g/mol. The first kappa shape index (κ1) is 9.52. The van der Waals surface area contributed by atoms with Crippen LogP contribution in [0.2, 0.25) is 0 Å². The van der Waals surface area contributed by atoms with Crippen LogP contribution in [0.4, 0.5) is 0 Å². The van der Waals surface area contributed by atoms with Crippen molar-refractivity contribution in [1.82, 2.24) is 0 Å². The topological polar surface area (TPSA) is 49.7 Å². The van der Waals surface area contributed by atoms with Crippen LogP contribution in [0.5, 0.6) is 0 Å². The zero-order valence-electron chi connectivity index (χ0n) is 7.59. The molecule has 0 saturated carbocycles. The quantitative estimate of drug-likeness (QED) is 0.724. The summed E-state index contributed by atoms with van der Waals surface area (Å²) in [5.74, 6) is -0.366. The number of rotatable bonds is 3. The van der Waals surface area contributed by atoms with E-state index >= 15 is 0 Å². The molecule has 74 valence electrons. The van der Waals surface area contributed by atoms with Gasteiger partial charge in [-0.2, -0.15) is 0 Å². The Morgan fingerprint density at radius 1 is 1.64 bits per heavy atom. The molecule has 0 amide bonds. The van der Waals surface area contributed by atoms with Crippen molar-refractivity contribution < 1.29 is 9.90 Å². The molecule has 2 atom stereocenters. The first-order valence-electron chi connectivity index (χ1n) is 4.56. The summed E-state index contributed by atoms with van der Waals surface area (Å²) in [5.41, 5.74) is 1.20. The molecule has 0 bridgehead atoms. The highest BCUT2D eigenvalue weighted by Gasteiger charge is 2.28. The predicted molar refractivity (Wildman–Crippen MR) is 57.5 cm³/mol. The molecule has 1 aliphatic carbocycles. The van der Waals surface area contributed by atoms with Gasteiger partial charge in [0.2, 0.25) is 0 Å². The third kappa shape index (κ3) is 1.90. The molecule has 0 aromatic heterocycles. The van der Waals surface area contributed by atoms with Gasteiger partial charge in [0, 0.05) is 18.6 Å². The van der Waals surface area contributed by atoms with Gasteiger partial charge in [-0.15, -0.1) is 0 Å². The number of carboxylic acid groups (broad SMARTS) is 1. The summed E-state index contributed by atoms with van der Waals surface area (Å²) in [4.78, 5) is 10.5. The van der Waals surface area contributed by atoms with Crippen LogP contribution in [0.1, 0.15) is 12.8 Å². The zero-order chi connectivity index (χ0) is 9.97. The van der Waals surface area contributed by atoms with E-state index in [1.54, 1.807) is 11.9 Å². The SMILES string of the molecule is O=C(O)CCC1=CC=CC2C=NSC12. The zero-order valence-corrected chi connectivity index (χ0v) is 8.41. The Kier molecular flexibility index (Phi) is 2.72. The first-order chi connectivity index (χ1) is 6.77. The van der Waals surface area contributed by atoms with E-state index in [4.69, 9.17) is 5.11 Å². The van der Waals surface area contributed by atoms with Crippen LogP contribution in [-0.2, 0) is 4.79 Å². The molecule has 1 heterocycles. The van der Waals surface area contributed by atoms with E-state index in [1.165, 1.54) is 5.57 Å². The lowest BCUT2D eigenvalue weighted by Crippen LogP contribution is -2.18. The van der Waals surface area contributed by atoms with Crippen LogP contribution in [0.25, 0.3) is 0 Å². The fourth-order valence-electron chi connectivity index (χ4n) is 1.66. The number of carboxylic acids is 1. The standard InChI is InChI=1S/C10H11NO2S/c12-9(13)5-4-7-2-1-3-8-6-11-14-10(7)8/h1-3,6,8,10H,4-5H2,(H,12,13). The van der Waals surface area contributed by atoms with Crippen molar-refractivity contribution in [2.45, 2.75) is 18.1 Å². The van der Waals surface area contributed by atoms with Crippen LogP contribution in [0.3, 0.4) is 0 Å². The molecule has 0 fully saturated rings. The smallest absolute Gasteiger partial charge is 0.303 e. The molecular weight excluding hydrogens is 198 g/mol. The maximum absolute atomic E-state index is 10.5.